The third-order valence-electron chi connectivity index (χ3n) is 4.35. The third-order valence-corrected chi connectivity index (χ3v) is 4.35. The van der Waals surface area contributed by atoms with Crippen molar-refractivity contribution in [1.82, 2.24) is 4.90 Å². The molecule has 1 aliphatic heterocycles. The van der Waals surface area contributed by atoms with Crippen LogP contribution in [0.5, 0.6) is 11.5 Å². The van der Waals surface area contributed by atoms with Crippen molar-refractivity contribution in [2.45, 2.75) is 25.8 Å². The Hall–Kier alpha value is -2.50. The van der Waals surface area contributed by atoms with Crippen molar-refractivity contribution in [1.29, 1.82) is 0 Å². The van der Waals surface area contributed by atoms with E-state index in [9.17, 15) is 9.59 Å². The van der Waals surface area contributed by atoms with E-state index in [1.165, 1.54) is 0 Å². The predicted octanol–water partition coefficient (Wildman–Crippen LogP) is 2.18. The molecule has 0 aromatic heterocycles. The van der Waals surface area contributed by atoms with Crippen molar-refractivity contribution in [3.05, 3.63) is 29.3 Å². The van der Waals surface area contributed by atoms with E-state index < -0.39 is 11.9 Å². The average Bonchev–Trinajstić information content (AvgIpc) is 3.42. The van der Waals surface area contributed by atoms with Gasteiger partial charge < -0.3 is 19.5 Å². The Morgan fingerprint density at radius 2 is 2.17 bits per heavy atom. The van der Waals surface area contributed by atoms with Gasteiger partial charge in [0.1, 0.15) is 18.1 Å². The van der Waals surface area contributed by atoms with Gasteiger partial charge in [-0.1, -0.05) is 6.92 Å². The molecule has 0 bridgehead atoms. The van der Waals surface area contributed by atoms with Crippen LogP contribution in [0.4, 0.5) is 0 Å². The number of nitrogens with zero attached hydrogens (tertiary/aromatic N) is 1. The van der Waals surface area contributed by atoms with E-state index in [4.69, 9.17) is 14.6 Å². The lowest BCUT2D eigenvalue weighted by Gasteiger charge is -2.27. The number of carbonyl (C=O) groups is 2. The van der Waals surface area contributed by atoms with E-state index in [2.05, 4.69) is 0 Å². The number of ether oxygens (including phenoxy) is 2. The molecule has 0 saturated heterocycles. The zero-order valence-electron chi connectivity index (χ0n) is 13.8. The maximum Gasteiger partial charge on any atom is 0.308 e. The van der Waals surface area contributed by atoms with Crippen LogP contribution in [0.3, 0.4) is 0 Å². The molecule has 2 aliphatic rings. The van der Waals surface area contributed by atoms with Gasteiger partial charge in [0.25, 0.3) is 5.91 Å². The molecule has 1 saturated carbocycles. The molecule has 128 valence electrons. The van der Waals surface area contributed by atoms with Crippen LogP contribution < -0.4 is 9.47 Å². The third kappa shape index (κ3) is 3.37. The summed E-state index contributed by atoms with van der Waals surface area (Å²) in [6.45, 7) is 2.04. The summed E-state index contributed by atoms with van der Waals surface area (Å²) < 4.78 is 10.9. The number of carboxylic acids is 1. The first-order chi connectivity index (χ1) is 11.5. The first-order valence-electron chi connectivity index (χ1n) is 8.04. The molecule has 1 N–H and O–H groups in total. The Bertz CT molecular complexity index is 693. The molecule has 24 heavy (non-hydrogen) atoms. The molecule has 1 heterocycles. The van der Waals surface area contributed by atoms with Gasteiger partial charge in [-0.05, 0) is 37.1 Å². The van der Waals surface area contributed by atoms with Crippen molar-refractivity contribution in [3.8, 4) is 11.5 Å². The number of aliphatic carboxylic acids is 1. The van der Waals surface area contributed by atoms with Crippen LogP contribution in [0.2, 0.25) is 0 Å². The van der Waals surface area contributed by atoms with E-state index >= 15 is 0 Å². The largest absolute Gasteiger partial charge is 0.497 e. The van der Waals surface area contributed by atoms with Gasteiger partial charge in [0.15, 0.2) is 0 Å². The molecule has 1 fully saturated rings. The topological polar surface area (TPSA) is 76.1 Å². The van der Waals surface area contributed by atoms with E-state index in [0.717, 1.165) is 18.4 Å². The second kappa shape index (κ2) is 6.55. The van der Waals surface area contributed by atoms with Gasteiger partial charge in [-0.25, -0.2) is 0 Å². The Balaban J connectivity index is 1.82. The molecule has 1 amide bonds. The zero-order valence-corrected chi connectivity index (χ0v) is 13.8. The molecule has 1 aliphatic carbocycles. The Kier molecular flexibility index (Phi) is 4.46. The number of carboxylic acid groups (broad SMARTS) is 1. The van der Waals surface area contributed by atoms with E-state index in [0.29, 0.717) is 17.1 Å². The van der Waals surface area contributed by atoms with Crippen molar-refractivity contribution in [2.75, 3.05) is 20.3 Å². The van der Waals surface area contributed by atoms with Gasteiger partial charge in [-0.2, -0.15) is 0 Å². The van der Waals surface area contributed by atoms with Crippen molar-refractivity contribution < 1.29 is 24.2 Å². The van der Waals surface area contributed by atoms with Crippen LogP contribution in [0.1, 0.15) is 25.3 Å². The fourth-order valence-corrected chi connectivity index (χ4v) is 2.75. The van der Waals surface area contributed by atoms with Crippen LogP contribution >= 0.6 is 0 Å². The van der Waals surface area contributed by atoms with Gasteiger partial charge in [-0.3, -0.25) is 9.59 Å². The van der Waals surface area contributed by atoms with Gasteiger partial charge >= 0.3 is 5.97 Å². The zero-order chi connectivity index (χ0) is 17.3. The average molecular weight is 331 g/mol. The summed E-state index contributed by atoms with van der Waals surface area (Å²) in [7, 11) is 1.59. The molecular formula is C18H21NO5. The van der Waals surface area contributed by atoms with Crippen LogP contribution in [-0.4, -0.2) is 48.2 Å². The number of benzene rings is 1. The summed E-state index contributed by atoms with van der Waals surface area (Å²) in [5.41, 5.74) is 1.34. The van der Waals surface area contributed by atoms with Gasteiger partial charge in [0, 0.05) is 18.2 Å². The lowest BCUT2D eigenvalue weighted by atomic mass is 10.1. The number of hydrogen-bond acceptors (Lipinski definition) is 4. The maximum atomic E-state index is 12.9. The number of methoxy groups -OCH3 is 1. The van der Waals surface area contributed by atoms with Crippen molar-refractivity contribution in [2.24, 2.45) is 5.92 Å². The second-order valence-corrected chi connectivity index (χ2v) is 6.29. The first-order valence-corrected chi connectivity index (χ1v) is 8.04. The molecule has 1 aromatic carbocycles. The monoisotopic (exact) mass is 331 g/mol. The smallest absolute Gasteiger partial charge is 0.308 e. The van der Waals surface area contributed by atoms with Crippen molar-refractivity contribution in [3.63, 3.8) is 0 Å². The molecule has 1 atom stereocenters. The van der Waals surface area contributed by atoms with Crippen LogP contribution in [-0.2, 0) is 9.59 Å². The highest BCUT2D eigenvalue weighted by molar-refractivity contribution is 5.99. The van der Waals surface area contributed by atoms with E-state index in [1.54, 1.807) is 18.9 Å². The summed E-state index contributed by atoms with van der Waals surface area (Å²) >= 11 is 0. The lowest BCUT2D eigenvalue weighted by Crippen LogP contribution is -2.40. The fraction of sp³-hybridized carbons (Fsp3) is 0.444. The van der Waals surface area contributed by atoms with Crippen LogP contribution in [0.25, 0.3) is 6.08 Å². The molecule has 1 aromatic rings. The quantitative estimate of drug-likeness (QED) is 0.865. The first kappa shape index (κ1) is 16.4. The Morgan fingerprint density at radius 3 is 2.79 bits per heavy atom. The molecular weight excluding hydrogens is 310 g/mol. The SMILES string of the molecule is COc1ccc2c(c1)C=C(C(=O)N(CC(C)C(=O)O)C1CC1)CO2. The highest BCUT2D eigenvalue weighted by Gasteiger charge is 2.36. The number of amides is 1. The highest BCUT2D eigenvalue weighted by Crippen LogP contribution is 2.33. The van der Waals surface area contributed by atoms with Crippen molar-refractivity contribution >= 4 is 18.0 Å². The summed E-state index contributed by atoms with van der Waals surface area (Å²) in [5, 5.41) is 9.12. The summed E-state index contributed by atoms with van der Waals surface area (Å²) in [5.74, 6) is -0.214. The fourth-order valence-electron chi connectivity index (χ4n) is 2.75. The molecule has 3 rings (SSSR count). The number of hydrogen-bond donors (Lipinski definition) is 1. The summed E-state index contributed by atoms with van der Waals surface area (Å²) in [6.07, 6.45) is 3.66. The predicted molar refractivity (Wildman–Crippen MR) is 88.0 cm³/mol. The van der Waals surface area contributed by atoms with Gasteiger partial charge in [-0.15, -0.1) is 0 Å². The Labute approximate surface area is 140 Å². The number of rotatable bonds is 6. The Morgan fingerprint density at radius 1 is 1.42 bits per heavy atom. The van der Waals surface area contributed by atoms with Gasteiger partial charge in [0.2, 0.25) is 0 Å². The normalized spacial score (nSPS) is 17.2. The molecule has 6 heteroatoms. The minimum Gasteiger partial charge on any atom is -0.497 e. The van der Waals surface area contributed by atoms with E-state index in [-0.39, 0.29) is 25.1 Å². The van der Waals surface area contributed by atoms with Crippen LogP contribution in [0, 0.1) is 5.92 Å². The standard InChI is InChI=1S/C18H21NO5/c1-11(18(21)22)9-19(14-3-4-14)17(20)13-7-12-8-15(23-2)5-6-16(12)24-10-13/h5-8,11,14H,3-4,9-10H2,1-2H3,(H,21,22). The maximum absolute atomic E-state index is 12.9. The van der Waals surface area contributed by atoms with Crippen LogP contribution in [0.15, 0.2) is 23.8 Å². The molecule has 6 nitrogen and oxygen atoms in total. The highest BCUT2D eigenvalue weighted by atomic mass is 16.5. The van der Waals surface area contributed by atoms with E-state index in [1.807, 2.05) is 24.3 Å². The second-order valence-electron chi connectivity index (χ2n) is 6.29. The van der Waals surface area contributed by atoms with Gasteiger partial charge in [0.05, 0.1) is 18.6 Å². The number of carbonyl (C=O) groups excluding carboxylic acids is 1. The minimum absolute atomic E-state index is 0.140. The minimum atomic E-state index is -0.891. The lowest BCUT2D eigenvalue weighted by molar-refractivity contribution is -0.142. The summed E-state index contributed by atoms with van der Waals surface area (Å²) in [6, 6.07) is 5.59. The summed E-state index contributed by atoms with van der Waals surface area (Å²) in [4.78, 5) is 25.7. The number of fused-ring (bicyclic) bond motifs is 1. The molecule has 0 spiro atoms. The molecule has 0 radical (unpaired) electrons. The molecule has 1 unspecified atom stereocenters.